The van der Waals surface area contributed by atoms with E-state index in [1.54, 1.807) is 36.3 Å². The summed E-state index contributed by atoms with van der Waals surface area (Å²) in [5, 5.41) is 10.0. The molecule has 1 amide bonds. The summed E-state index contributed by atoms with van der Waals surface area (Å²) in [5.41, 5.74) is 1.92. The quantitative estimate of drug-likeness (QED) is 0.896. The molecular weight excluding hydrogens is 330 g/mol. The number of carboxylic acid groups (broad SMARTS) is 1. The molecule has 1 aliphatic carbocycles. The zero-order valence-electron chi connectivity index (χ0n) is 14.6. The van der Waals surface area contributed by atoms with E-state index >= 15 is 0 Å². The number of ether oxygens (including phenoxy) is 1. The summed E-state index contributed by atoms with van der Waals surface area (Å²) in [7, 11) is 1.59. The lowest BCUT2D eigenvalue weighted by Gasteiger charge is -2.41. The molecule has 1 aliphatic heterocycles. The summed E-state index contributed by atoms with van der Waals surface area (Å²) >= 11 is 0. The number of fused-ring (bicyclic) bond motifs is 1. The van der Waals surface area contributed by atoms with Crippen LogP contribution in [-0.2, 0) is 4.79 Å². The predicted octanol–water partition coefficient (Wildman–Crippen LogP) is 3.47. The molecule has 0 aromatic heterocycles. The summed E-state index contributed by atoms with van der Waals surface area (Å²) in [6, 6.07) is 13.9. The Bertz CT molecular complexity index is 841. The Labute approximate surface area is 152 Å². The third-order valence-electron chi connectivity index (χ3n) is 5.31. The van der Waals surface area contributed by atoms with Gasteiger partial charge >= 0.3 is 5.97 Å². The van der Waals surface area contributed by atoms with Crippen LogP contribution in [-0.4, -0.2) is 35.5 Å². The molecule has 2 atom stereocenters. The van der Waals surface area contributed by atoms with Crippen molar-refractivity contribution in [2.75, 3.05) is 13.7 Å². The lowest BCUT2D eigenvalue weighted by molar-refractivity contribution is -0.140. The van der Waals surface area contributed by atoms with Gasteiger partial charge in [0.25, 0.3) is 5.91 Å². The highest BCUT2D eigenvalue weighted by Crippen LogP contribution is 2.45. The lowest BCUT2D eigenvalue weighted by atomic mass is 9.79. The van der Waals surface area contributed by atoms with E-state index < -0.39 is 17.9 Å². The standard InChI is InChI=1S/C21H21NO4/c1-26-15-10-8-14(9-11-15)19-18(21(24)25)16-4-2-3-5-17(16)20(23)22(19)12-13-6-7-13/h2-5,8-11,13,18-19H,6-7,12H2,1H3,(H,24,25)/t18-,19-/m0/s1. The number of carbonyl (C=O) groups is 2. The van der Waals surface area contributed by atoms with Crippen molar-refractivity contribution < 1.29 is 19.4 Å². The van der Waals surface area contributed by atoms with Gasteiger partial charge in [-0.3, -0.25) is 9.59 Å². The average molecular weight is 351 g/mol. The van der Waals surface area contributed by atoms with Gasteiger partial charge in [-0.25, -0.2) is 0 Å². The fourth-order valence-corrected chi connectivity index (χ4v) is 3.81. The van der Waals surface area contributed by atoms with Gasteiger partial charge < -0.3 is 14.7 Å². The Morgan fingerprint density at radius 1 is 1.15 bits per heavy atom. The molecule has 0 radical (unpaired) electrons. The molecule has 0 unspecified atom stereocenters. The fourth-order valence-electron chi connectivity index (χ4n) is 3.81. The molecule has 134 valence electrons. The molecule has 0 saturated heterocycles. The van der Waals surface area contributed by atoms with Crippen molar-refractivity contribution in [2.24, 2.45) is 5.92 Å². The van der Waals surface area contributed by atoms with Crippen molar-refractivity contribution in [1.82, 2.24) is 4.90 Å². The van der Waals surface area contributed by atoms with Crippen LogP contribution >= 0.6 is 0 Å². The number of nitrogens with zero attached hydrogens (tertiary/aromatic N) is 1. The second kappa shape index (κ2) is 6.48. The van der Waals surface area contributed by atoms with Crippen molar-refractivity contribution in [3.05, 3.63) is 65.2 Å². The summed E-state index contributed by atoms with van der Waals surface area (Å²) in [5.74, 6) is -0.593. The van der Waals surface area contributed by atoms with Crippen LogP contribution < -0.4 is 4.74 Å². The van der Waals surface area contributed by atoms with E-state index in [1.165, 1.54) is 0 Å². The van der Waals surface area contributed by atoms with Crippen LogP contribution in [0.15, 0.2) is 48.5 Å². The van der Waals surface area contributed by atoms with Crippen molar-refractivity contribution in [1.29, 1.82) is 0 Å². The van der Waals surface area contributed by atoms with E-state index in [4.69, 9.17) is 4.74 Å². The number of hydrogen-bond acceptors (Lipinski definition) is 3. The number of methoxy groups -OCH3 is 1. The van der Waals surface area contributed by atoms with E-state index in [1.807, 2.05) is 24.3 Å². The van der Waals surface area contributed by atoms with Gasteiger partial charge in [0.2, 0.25) is 0 Å². The van der Waals surface area contributed by atoms with Crippen LogP contribution in [0.4, 0.5) is 0 Å². The number of carboxylic acids is 1. The number of rotatable bonds is 5. The third kappa shape index (κ3) is 2.83. The molecule has 5 heteroatoms. The first-order valence-electron chi connectivity index (χ1n) is 8.87. The van der Waals surface area contributed by atoms with Crippen LogP contribution in [0, 0.1) is 5.92 Å². The van der Waals surface area contributed by atoms with Gasteiger partial charge in [0.1, 0.15) is 11.7 Å². The SMILES string of the molecule is COc1ccc([C@H]2[C@@H](C(=O)O)c3ccccc3C(=O)N2CC2CC2)cc1. The van der Waals surface area contributed by atoms with Crippen LogP contribution in [0.5, 0.6) is 5.75 Å². The second-order valence-corrected chi connectivity index (χ2v) is 7.02. The van der Waals surface area contributed by atoms with Crippen LogP contribution in [0.25, 0.3) is 0 Å². The van der Waals surface area contributed by atoms with Crippen LogP contribution in [0.3, 0.4) is 0 Å². The molecule has 2 aromatic carbocycles. The van der Waals surface area contributed by atoms with Gasteiger partial charge in [0, 0.05) is 12.1 Å². The van der Waals surface area contributed by atoms with E-state index in [2.05, 4.69) is 0 Å². The molecule has 1 heterocycles. The number of hydrogen-bond donors (Lipinski definition) is 1. The lowest BCUT2D eigenvalue weighted by Crippen LogP contribution is -2.45. The Hall–Kier alpha value is -2.82. The van der Waals surface area contributed by atoms with Gasteiger partial charge in [0.05, 0.1) is 13.2 Å². The normalized spacial score (nSPS) is 22.0. The predicted molar refractivity (Wildman–Crippen MR) is 96.3 cm³/mol. The summed E-state index contributed by atoms with van der Waals surface area (Å²) in [6.45, 7) is 0.605. The Morgan fingerprint density at radius 2 is 1.85 bits per heavy atom. The molecule has 0 bridgehead atoms. The molecule has 5 nitrogen and oxygen atoms in total. The zero-order chi connectivity index (χ0) is 18.3. The largest absolute Gasteiger partial charge is 0.497 e. The maximum atomic E-state index is 13.2. The van der Waals surface area contributed by atoms with E-state index in [9.17, 15) is 14.7 Å². The minimum absolute atomic E-state index is 0.0779. The number of benzene rings is 2. The van der Waals surface area contributed by atoms with Crippen LogP contribution in [0.1, 0.15) is 46.3 Å². The van der Waals surface area contributed by atoms with Crippen molar-refractivity contribution in [3.8, 4) is 5.75 Å². The maximum Gasteiger partial charge on any atom is 0.313 e. The Balaban J connectivity index is 1.84. The van der Waals surface area contributed by atoms with E-state index in [-0.39, 0.29) is 5.91 Å². The first-order valence-corrected chi connectivity index (χ1v) is 8.87. The highest BCUT2D eigenvalue weighted by atomic mass is 16.5. The minimum Gasteiger partial charge on any atom is -0.497 e. The molecule has 4 rings (SSSR count). The first-order chi connectivity index (χ1) is 12.6. The average Bonchev–Trinajstić information content (AvgIpc) is 3.48. The third-order valence-corrected chi connectivity index (χ3v) is 5.31. The first kappa shape index (κ1) is 16.6. The number of aliphatic carboxylic acids is 1. The highest BCUT2D eigenvalue weighted by molar-refractivity contribution is 6.00. The monoisotopic (exact) mass is 351 g/mol. The smallest absolute Gasteiger partial charge is 0.313 e. The van der Waals surface area contributed by atoms with Crippen LogP contribution in [0.2, 0.25) is 0 Å². The van der Waals surface area contributed by atoms with Gasteiger partial charge in [0.15, 0.2) is 0 Å². The topological polar surface area (TPSA) is 66.8 Å². The van der Waals surface area contributed by atoms with E-state index in [0.29, 0.717) is 29.3 Å². The van der Waals surface area contributed by atoms with Crippen molar-refractivity contribution >= 4 is 11.9 Å². The molecule has 26 heavy (non-hydrogen) atoms. The number of carbonyl (C=O) groups excluding carboxylic acids is 1. The molecule has 0 spiro atoms. The summed E-state index contributed by atoms with van der Waals surface area (Å²) in [4.78, 5) is 27.1. The molecular formula is C21H21NO4. The zero-order valence-corrected chi connectivity index (χ0v) is 14.6. The molecule has 1 fully saturated rings. The Kier molecular flexibility index (Phi) is 4.15. The molecule has 2 aliphatic rings. The van der Waals surface area contributed by atoms with Crippen molar-refractivity contribution in [3.63, 3.8) is 0 Å². The molecule has 1 N–H and O–H groups in total. The second-order valence-electron chi connectivity index (χ2n) is 7.02. The van der Waals surface area contributed by atoms with Gasteiger partial charge in [-0.05, 0) is 48.1 Å². The Morgan fingerprint density at radius 3 is 2.46 bits per heavy atom. The molecule has 1 saturated carbocycles. The van der Waals surface area contributed by atoms with E-state index in [0.717, 1.165) is 18.4 Å². The van der Waals surface area contributed by atoms with Gasteiger partial charge in [-0.15, -0.1) is 0 Å². The maximum absolute atomic E-state index is 13.2. The molecule has 2 aromatic rings. The van der Waals surface area contributed by atoms with Crippen molar-refractivity contribution in [2.45, 2.75) is 24.8 Å². The minimum atomic E-state index is -0.911. The highest BCUT2D eigenvalue weighted by Gasteiger charge is 2.45. The summed E-state index contributed by atoms with van der Waals surface area (Å²) < 4.78 is 5.21. The summed E-state index contributed by atoms with van der Waals surface area (Å²) in [6.07, 6.45) is 2.19. The van der Waals surface area contributed by atoms with Gasteiger partial charge in [-0.1, -0.05) is 30.3 Å². The fraction of sp³-hybridized carbons (Fsp3) is 0.333. The number of amides is 1. The van der Waals surface area contributed by atoms with Gasteiger partial charge in [-0.2, -0.15) is 0 Å².